The van der Waals surface area contributed by atoms with Crippen molar-refractivity contribution in [2.24, 2.45) is 0 Å². The summed E-state index contributed by atoms with van der Waals surface area (Å²) in [5.41, 5.74) is 1.49. The van der Waals surface area contributed by atoms with Crippen LogP contribution in [0.1, 0.15) is 17.3 Å². The smallest absolute Gasteiger partial charge is 0.338 e. The van der Waals surface area contributed by atoms with Crippen molar-refractivity contribution in [2.75, 3.05) is 31.1 Å². The van der Waals surface area contributed by atoms with E-state index in [1.54, 1.807) is 30.0 Å². The van der Waals surface area contributed by atoms with Gasteiger partial charge in [-0.3, -0.25) is 4.79 Å². The Morgan fingerprint density at radius 1 is 1.00 bits per heavy atom. The number of para-hydroxylation sites is 1. The zero-order valence-corrected chi connectivity index (χ0v) is 15.4. The van der Waals surface area contributed by atoms with Crippen molar-refractivity contribution in [1.29, 1.82) is 0 Å². The Morgan fingerprint density at radius 2 is 1.69 bits per heavy atom. The molecule has 6 heteroatoms. The molecule has 1 heterocycles. The fourth-order valence-corrected chi connectivity index (χ4v) is 3.17. The Hall–Kier alpha value is -2.53. The zero-order valence-electron chi connectivity index (χ0n) is 14.6. The molecule has 0 saturated carbocycles. The van der Waals surface area contributed by atoms with E-state index in [-0.39, 0.29) is 5.91 Å². The van der Waals surface area contributed by atoms with Gasteiger partial charge in [-0.05, 0) is 37.3 Å². The second-order valence-electron chi connectivity index (χ2n) is 6.21. The van der Waals surface area contributed by atoms with E-state index in [9.17, 15) is 9.59 Å². The lowest BCUT2D eigenvalue weighted by Gasteiger charge is -2.37. The summed E-state index contributed by atoms with van der Waals surface area (Å²) in [4.78, 5) is 28.7. The zero-order chi connectivity index (χ0) is 18.5. The second-order valence-corrected chi connectivity index (χ2v) is 6.64. The van der Waals surface area contributed by atoms with Crippen LogP contribution in [0.5, 0.6) is 0 Å². The molecule has 0 spiro atoms. The van der Waals surface area contributed by atoms with Gasteiger partial charge in [-0.25, -0.2) is 4.79 Å². The van der Waals surface area contributed by atoms with Gasteiger partial charge in [0.05, 0.1) is 5.56 Å². The van der Waals surface area contributed by atoms with Crippen LogP contribution in [0.15, 0.2) is 54.6 Å². The quantitative estimate of drug-likeness (QED) is 0.773. The Morgan fingerprint density at radius 3 is 2.35 bits per heavy atom. The summed E-state index contributed by atoms with van der Waals surface area (Å²) in [6.45, 7) is 4.32. The Bertz CT molecular complexity index is 774. The van der Waals surface area contributed by atoms with Crippen molar-refractivity contribution in [3.05, 3.63) is 65.2 Å². The molecular weight excluding hydrogens is 352 g/mol. The van der Waals surface area contributed by atoms with Crippen molar-refractivity contribution < 1.29 is 14.3 Å². The fourth-order valence-electron chi connectivity index (χ4n) is 2.98. The van der Waals surface area contributed by atoms with Crippen LogP contribution in [0, 0.1) is 0 Å². The highest BCUT2D eigenvalue weighted by molar-refractivity contribution is 6.30. The molecule has 1 fully saturated rings. The molecule has 0 bridgehead atoms. The first kappa shape index (κ1) is 18.3. The van der Waals surface area contributed by atoms with E-state index in [2.05, 4.69) is 17.0 Å². The van der Waals surface area contributed by atoms with Crippen molar-refractivity contribution in [2.45, 2.75) is 13.0 Å². The second kappa shape index (κ2) is 8.23. The maximum atomic E-state index is 12.6. The number of nitrogens with zero attached hydrogens (tertiary/aromatic N) is 2. The normalized spacial score (nSPS) is 15.5. The average Bonchev–Trinajstić information content (AvgIpc) is 2.68. The first-order valence-electron chi connectivity index (χ1n) is 8.60. The summed E-state index contributed by atoms with van der Waals surface area (Å²) in [6.07, 6.45) is -0.829. The van der Waals surface area contributed by atoms with Crippen molar-refractivity contribution in [3.63, 3.8) is 0 Å². The predicted octanol–water partition coefficient (Wildman–Crippen LogP) is 3.23. The average molecular weight is 373 g/mol. The molecule has 0 aromatic heterocycles. The Balaban J connectivity index is 1.54. The standard InChI is InChI=1S/C20H21ClN2O3/c1-15(26-20(25)16-6-5-7-17(21)14-16)19(24)23-12-10-22(11-13-23)18-8-3-2-4-9-18/h2-9,14-15H,10-13H2,1H3/t15-/m0/s1. The van der Waals surface area contributed by atoms with Gasteiger partial charge in [-0.2, -0.15) is 0 Å². The highest BCUT2D eigenvalue weighted by Crippen LogP contribution is 2.17. The predicted molar refractivity (Wildman–Crippen MR) is 102 cm³/mol. The van der Waals surface area contributed by atoms with Gasteiger partial charge in [-0.15, -0.1) is 0 Å². The van der Waals surface area contributed by atoms with Crippen LogP contribution in [0.25, 0.3) is 0 Å². The molecule has 1 atom stereocenters. The van der Waals surface area contributed by atoms with Crippen molar-refractivity contribution in [3.8, 4) is 0 Å². The summed E-state index contributed by atoms with van der Waals surface area (Å²) in [6, 6.07) is 16.6. The third-order valence-corrected chi connectivity index (χ3v) is 4.64. The molecule has 0 unspecified atom stereocenters. The molecule has 0 N–H and O–H groups in total. The largest absolute Gasteiger partial charge is 0.449 e. The van der Waals surface area contributed by atoms with Crippen molar-refractivity contribution in [1.82, 2.24) is 4.90 Å². The molecule has 0 aliphatic carbocycles. The number of carbonyl (C=O) groups excluding carboxylic acids is 2. The summed E-state index contributed by atoms with van der Waals surface area (Å²) in [5, 5.41) is 0.454. The number of anilines is 1. The number of halogens is 1. The molecule has 1 aliphatic heterocycles. The minimum atomic E-state index is -0.829. The monoisotopic (exact) mass is 372 g/mol. The minimum absolute atomic E-state index is 0.173. The Kier molecular flexibility index (Phi) is 5.78. The minimum Gasteiger partial charge on any atom is -0.449 e. The van der Waals surface area contributed by atoms with Crippen LogP contribution in [0.2, 0.25) is 5.02 Å². The van der Waals surface area contributed by atoms with Gasteiger partial charge in [0.1, 0.15) is 0 Å². The number of ether oxygens (including phenoxy) is 1. The summed E-state index contributed by atoms with van der Waals surface area (Å²) in [5.74, 6) is -0.718. The van der Waals surface area contributed by atoms with Crippen LogP contribution in [-0.2, 0) is 9.53 Å². The molecule has 3 rings (SSSR count). The number of carbonyl (C=O) groups is 2. The number of piperazine rings is 1. The van der Waals surface area contributed by atoms with Crippen LogP contribution < -0.4 is 4.90 Å². The van der Waals surface area contributed by atoms with E-state index in [0.29, 0.717) is 23.7 Å². The van der Waals surface area contributed by atoms with Gasteiger partial charge in [-0.1, -0.05) is 35.9 Å². The first-order valence-corrected chi connectivity index (χ1v) is 8.98. The summed E-state index contributed by atoms with van der Waals surface area (Å²) >= 11 is 5.89. The van der Waals surface area contributed by atoms with E-state index >= 15 is 0 Å². The van der Waals surface area contributed by atoms with Crippen LogP contribution in [-0.4, -0.2) is 49.1 Å². The summed E-state index contributed by atoms with van der Waals surface area (Å²) < 4.78 is 5.32. The molecule has 26 heavy (non-hydrogen) atoms. The van der Waals surface area contributed by atoms with Gasteiger partial charge in [0.15, 0.2) is 6.10 Å². The number of hydrogen-bond donors (Lipinski definition) is 0. The van der Waals surface area contributed by atoms with Crippen molar-refractivity contribution >= 4 is 29.2 Å². The number of amides is 1. The third kappa shape index (κ3) is 4.35. The SMILES string of the molecule is C[C@H](OC(=O)c1cccc(Cl)c1)C(=O)N1CCN(c2ccccc2)CC1. The van der Waals surface area contributed by atoms with Gasteiger partial charge >= 0.3 is 5.97 Å². The van der Waals surface area contributed by atoms with E-state index in [0.717, 1.165) is 18.8 Å². The van der Waals surface area contributed by atoms with Gasteiger partial charge < -0.3 is 14.5 Å². The molecule has 1 amide bonds. The number of rotatable bonds is 4. The van der Waals surface area contributed by atoms with Gasteiger partial charge in [0, 0.05) is 36.9 Å². The van der Waals surface area contributed by atoms with Gasteiger partial charge in [0.25, 0.3) is 5.91 Å². The fraction of sp³-hybridized carbons (Fsp3) is 0.300. The molecular formula is C20H21ClN2O3. The molecule has 0 radical (unpaired) electrons. The van der Waals surface area contributed by atoms with Crippen LogP contribution >= 0.6 is 11.6 Å². The molecule has 5 nitrogen and oxygen atoms in total. The van der Waals surface area contributed by atoms with E-state index in [1.165, 1.54) is 6.07 Å². The lowest BCUT2D eigenvalue weighted by molar-refractivity contribution is -0.140. The number of hydrogen-bond acceptors (Lipinski definition) is 4. The van der Waals surface area contributed by atoms with E-state index in [4.69, 9.17) is 16.3 Å². The summed E-state index contributed by atoms with van der Waals surface area (Å²) in [7, 11) is 0. The molecule has 1 saturated heterocycles. The molecule has 1 aliphatic rings. The molecule has 2 aromatic carbocycles. The van der Waals surface area contributed by atoms with Crippen LogP contribution in [0.4, 0.5) is 5.69 Å². The first-order chi connectivity index (χ1) is 12.5. The molecule has 136 valence electrons. The lowest BCUT2D eigenvalue weighted by Crippen LogP contribution is -2.51. The lowest BCUT2D eigenvalue weighted by atomic mass is 10.2. The van der Waals surface area contributed by atoms with Crippen LogP contribution in [0.3, 0.4) is 0 Å². The Labute approximate surface area is 158 Å². The highest BCUT2D eigenvalue weighted by Gasteiger charge is 2.27. The maximum absolute atomic E-state index is 12.6. The molecule has 2 aromatic rings. The maximum Gasteiger partial charge on any atom is 0.338 e. The topological polar surface area (TPSA) is 49.9 Å². The highest BCUT2D eigenvalue weighted by atomic mass is 35.5. The number of benzene rings is 2. The van der Waals surface area contributed by atoms with Gasteiger partial charge in [0.2, 0.25) is 0 Å². The van der Waals surface area contributed by atoms with E-state index in [1.807, 2.05) is 18.2 Å². The number of esters is 1. The third-order valence-electron chi connectivity index (χ3n) is 4.40. The van der Waals surface area contributed by atoms with E-state index < -0.39 is 12.1 Å².